The van der Waals surface area contributed by atoms with Crippen LogP contribution < -0.4 is 0 Å². The van der Waals surface area contributed by atoms with E-state index in [1.54, 1.807) is 0 Å². The van der Waals surface area contributed by atoms with E-state index >= 15 is 0 Å². The average Bonchev–Trinajstić information content (AvgIpc) is 2.65. The Morgan fingerprint density at radius 2 is 1.94 bits per heavy atom. The second-order valence-electron chi connectivity index (χ2n) is 4.73. The number of carboxylic acid groups (broad SMARTS) is 1. The number of carbonyl (C=O) groups excluding carboxylic acids is 1. The Hall–Kier alpha value is -1.06. The van der Waals surface area contributed by atoms with E-state index in [9.17, 15) is 9.59 Å². The van der Waals surface area contributed by atoms with E-state index in [2.05, 4.69) is 6.92 Å². The summed E-state index contributed by atoms with van der Waals surface area (Å²) in [7, 11) is 0. The molecule has 0 spiro atoms. The molecule has 0 aliphatic carbocycles. The first-order chi connectivity index (χ1) is 8.15. The van der Waals surface area contributed by atoms with Gasteiger partial charge in [-0.25, -0.2) is 0 Å². The topological polar surface area (TPSA) is 63.6 Å². The lowest BCUT2D eigenvalue weighted by Crippen LogP contribution is -2.23. The van der Waals surface area contributed by atoms with Gasteiger partial charge in [0.1, 0.15) is 12.0 Å². The summed E-state index contributed by atoms with van der Waals surface area (Å²) in [6.07, 6.45) is 7.29. The molecule has 0 aromatic rings. The third kappa shape index (κ3) is 4.75. The number of carbonyl (C=O) groups is 2. The molecular formula is C13H22O4. The fraction of sp³-hybridized carbons (Fsp3) is 0.846. The first-order valence-electron chi connectivity index (χ1n) is 6.57. The Balaban J connectivity index is 2.17. The van der Waals surface area contributed by atoms with Crippen LogP contribution >= 0.6 is 0 Å². The van der Waals surface area contributed by atoms with E-state index in [0.29, 0.717) is 6.42 Å². The molecule has 1 fully saturated rings. The van der Waals surface area contributed by atoms with Crippen LogP contribution in [0.1, 0.15) is 58.3 Å². The highest BCUT2D eigenvalue weighted by molar-refractivity contribution is 5.82. The molecule has 1 aliphatic rings. The molecule has 0 aromatic heterocycles. The van der Waals surface area contributed by atoms with Crippen molar-refractivity contribution >= 4 is 11.9 Å². The molecule has 0 aromatic carbocycles. The van der Waals surface area contributed by atoms with E-state index < -0.39 is 18.0 Å². The maximum Gasteiger partial charge on any atom is 0.310 e. The van der Waals surface area contributed by atoms with Gasteiger partial charge in [-0.2, -0.15) is 0 Å². The summed E-state index contributed by atoms with van der Waals surface area (Å²) in [5, 5.41) is 8.94. The van der Waals surface area contributed by atoms with Crippen molar-refractivity contribution in [3.05, 3.63) is 0 Å². The molecule has 0 saturated carbocycles. The number of hydrogen-bond acceptors (Lipinski definition) is 3. The number of rotatable bonds is 8. The van der Waals surface area contributed by atoms with Gasteiger partial charge in [0.05, 0.1) is 6.42 Å². The van der Waals surface area contributed by atoms with E-state index in [0.717, 1.165) is 12.8 Å². The normalized spacial score (nSPS) is 23.7. The van der Waals surface area contributed by atoms with Gasteiger partial charge in [-0.1, -0.05) is 39.0 Å². The molecule has 0 unspecified atom stereocenters. The SMILES string of the molecule is CCCCCCCC[C@@H]1OC(=O)C[C@H]1C(=O)O. The first kappa shape index (κ1) is 14.0. The second kappa shape index (κ2) is 7.30. The molecular weight excluding hydrogens is 220 g/mol. The first-order valence-corrected chi connectivity index (χ1v) is 6.57. The van der Waals surface area contributed by atoms with Gasteiger partial charge in [0, 0.05) is 0 Å². The van der Waals surface area contributed by atoms with Crippen molar-refractivity contribution in [1.82, 2.24) is 0 Å². The van der Waals surface area contributed by atoms with Crippen LogP contribution in [0.2, 0.25) is 0 Å². The fourth-order valence-corrected chi connectivity index (χ4v) is 2.24. The molecule has 98 valence electrons. The van der Waals surface area contributed by atoms with Crippen LogP contribution in [0.5, 0.6) is 0 Å². The summed E-state index contributed by atoms with van der Waals surface area (Å²) in [5.41, 5.74) is 0. The Labute approximate surface area is 102 Å². The van der Waals surface area contributed by atoms with Crippen molar-refractivity contribution < 1.29 is 19.4 Å². The van der Waals surface area contributed by atoms with Crippen molar-refractivity contribution in [2.24, 2.45) is 5.92 Å². The zero-order chi connectivity index (χ0) is 12.7. The van der Waals surface area contributed by atoms with Gasteiger partial charge in [-0.15, -0.1) is 0 Å². The minimum Gasteiger partial charge on any atom is -0.481 e. The van der Waals surface area contributed by atoms with Gasteiger partial charge < -0.3 is 9.84 Å². The minimum atomic E-state index is -0.910. The average molecular weight is 242 g/mol. The van der Waals surface area contributed by atoms with Crippen LogP contribution in [-0.4, -0.2) is 23.1 Å². The maximum atomic E-state index is 11.1. The van der Waals surface area contributed by atoms with Gasteiger partial charge in [-0.05, 0) is 12.8 Å². The summed E-state index contributed by atoms with van der Waals surface area (Å²) >= 11 is 0. The lowest BCUT2D eigenvalue weighted by molar-refractivity contribution is -0.144. The van der Waals surface area contributed by atoms with Gasteiger partial charge in [0.25, 0.3) is 0 Å². The van der Waals surface area contributed by atoms with Crippen LogP contribution in [0.25, 0.3) is 0 Å². The molecule has 17 heavy (non-hydrogen) atoms. The van der Waals surface area contributed by atoms with Crippen molar-refractivity contribution in [1.29, 1.82) is 0 Å². The number of cyclic esters (lactones) is 1. The molecule has 2 atom stereocenters. The van der Waals surface area contributed by atoms with Gasteiger partial charge in [-0.3, -0.25) is 9.59 Å². The standard InChI is InChI=1S/C13H22O4/c1-2-3-4-5-6-7-8-11-10(13(15)16)9-12(14)17-11/h10-11H,2-9H2,1H3,(H,15,16)/t10-,11+/m1/s1. The minimum absolute atomic E-state index is 0.0375. The van der Waals surface area contributed by atoms with Crippen LogP contribution in [-0.2, 0) is 14.3 Å². The highest BCUT2D eigenvalue weighted by Gasteiger charge is 2.39. The third-order valence-electron chi connectivity index (χ3n) is 3.28. The van der Waals surface area contributed by atoms with E-state index in [1.165, 1.54) is 25.7 Å². The monoisotopic (exact) mass is 242 g/mol. The van der Waals surface area contributed by atoms with Gasteiger partial charge >= 0.3 is 11.9 Å². The summed E-state index contributed by atoms with van der Waals surface area (Å²) in [6, 6.07) is 0. The lowest BCUT2D eigenvalue weighted by atomic mass is 9.96. The lowest BCUT2D eigenvalue weighted by Gasteiger charge is -2.13. The second-order valence-corrected chi connectivity index (χ2v) is 4.73. The summed E-state index contributed by atoms with van der Waals surface area (Å²) < 4.78 is 5.04. The smallest absolute Gasteiger partial charge is 0.310 e. The number of ether oxygens (including phenoxy) is 1. The number of hydrogen-bond donors (Lipinski definition) is 1. The Bertz CT molecular complexity index is 262. The molecule has 4 heteroatoms. The predicted molar refractivity (Wildman–Crippen MR) is 63.6 cm³/mol. The summed E-state index contributed by atoms with van der Waals surface area (Å²) in [6.45, 7) is 2.18. The van der Waals surface area contributed by atoms with Gasteiger partial charge in [0.2, 0.25) is 0 Å². The molecule has 0 radical (unpaired) electrons. The maximum absolute atomic E-state index is 11.1. The molecule has 1 aliphatic heterocycles. The van der Waals surface area contributed by atoms with Gasteiger partial charge in [0.15, 0.2) is 0 Å². The summed E-state index contributed by atoms with van der Waals surface area (Å²) in [5.74, 6) is -1.90. The van der Waals surface area contributed by atoms with Crippen molar-refractivity contribution in [3.63, 3.8) is 0 Å². The highest BCUT2D eigenvalue weighted by Crippen LogP contribution is 2.26. The van der Waals surface area contributed by atoms with E-state index in [4.69, 9.17) is 9.84 Å². The molecule has 1 rings (SSSR count). The van der Waals surface area contributed by atoms with Crippen molar-refractivity contribution in [2.45, 2.75) is 64.4 Å². The van der Waals surface area contributed by atoms with Crippen molar-refractivity contribution in [2.75, 3.05) is 0 Å². The van der Waals surface area contributed by atoms with Crippen LogP contribution in [0.3, 0.4) is 0 Å². The quantitative estimate of drug-likeness (QED) is 0.525. The Kier molecular flexibility index (Phi) is 6.01. The van der Waals surface area contributed by atoms with Crippen LogP contribution in [0.15, 0.2) is 0 Å². The number of aliphatic carboxylic acids is 1. The molecule has 1 saturated heterocycles. The molecule has 1 N–H and O–H groups in total. The zero-order valence-corrected chi connectivity index (χ0v) is 10.5. The fourth-order valence-electron chi connectivity index (χ4n) is 2.24. The van der Waals surface area contributed by atoms with Crippen LogP contribution in [0.4, 0.5) is 0 Å². The Morgan fingerprint density at radius 3 is 2.59 bits per heavy atom. The molecule has 0 amide bonds. The molecule has 1 heterocycles. The largest absolute Gasteiger partial charge is 0.481 e. The molecule has 4 nitrogen and oxygen atoms in total. The zero-order valence-electron chi connectivity index (χ0n) is 10.5. The summed E-state index contributed by atoms with van der Waals surface area (Å²) in [4.78, 5) is 22.0. The van der Waals surface area contributed by atoms with E-state index in [1.807, 2.05) is 0 Å². The van der Waals surface area contributed by atoms with Crippen molar-refractivity contribution in [3.8, 4) is 0 Å². The molecule has 0 bridgehead atoms. The highest BCUT2D eigenvalue weighted by atomic mass is 16.6. The third-order valence-corrected chi connectivity index (χ3v) is 3.28. The Morgan fingerprint density at radius 1 is 1.29 bits per heavy atom. The number of unbranched alkanes of at least 4 members (excludes halogenated alkanes) is 5. The van der Waals surface area contributed by atoms with Crippen LogP contribution in [0, 0.1) is 5.92 Å². The van der Waals surface area contributed by atoms with E-state index in [-0.39, 0.29) is 12.4 Å². The number of carboxylic acids is 1. The predicted octanol–water partition coefficient (Wildman–Crippen LogP) is 2.75. The number of esters is 1.